The molecule has 7 nitrogen and oxygen atoms in total. The van der Waals surface area contributed by atoms with Crippen LogP contribution in [0.1, 0.15) is 48.6 Å². The molecule has 2 heterocycles. The Morgan fingerprint density at radius 2 is 1.35 bits per heavy atom. The number of morpholine rings is 1. The quantitative estimate of drug-likeness (QED) is 0.524. The third-order valence-corrected chi connectivity index (χ3v) is 9.75. The van der Waals surface area contributed by atoms with Gasteiger partial charge in [-0.2, -0.15) is 21.0 Å². The molecular weight excluding hydrogens is 498 g/mol. The summed E-state index contributed by atoms with van der Waals surface area (Å²) >= 11 is 0. The van der Waals surface area contributed by atoms with Crippen LogP contribution in [0.3, 0.4) is 0 Å². The first-order valence-corrected chi connectivity index (χ1v) is 14.1. The van der Waals surface area contributed by atoms with E-state index < -0.39 is 28.4 Å². The second kappa shape index (κ2) is 10.1. The highest BCUT2D eigenvalue weighted by atomic mass is 16.5. The molecule has 4 aliphatic rings. The summed E-state index contributed by atoms with van der Waals surface area (Å²) in [6.07, 6.45) is 5.60. The molecule has 0 unspecified atom stereocenters. The molecule has 2 saturated heterocycles. The molecule has 0 N–H and O–H groups in total. The average Bonchev–Trinajstić information content (AvgIpc) is 3.04. The van der Waals surface area contributed by atoms with Gasteiger partial charge in [-0.1, -0.05) is 67.1 Å². The molecule has 200 valence electrons. The fourth-order valence-corrected chi connectivity index (χ4v) is 8.00. The van der Waals surface area contributed by atoms with E-state index in [9.17, 15) is 21.0 Å². The number of fused-ring (bicyclic) bond motifs is 2. The molecule has 40 heavy (non-hydrogen) atoms. The van der Waals surface area contributed by atoms with Gasteiger partial charge in [0.15, 0.2) is 16.6 Å². The highest BCUT2D eigenvalue weighted by Gasteiger charge is 2.72. The summed E-state index contributed by atoms with van der Waals surface area (Å²) in [6.45, 7) is 2.71. The van der Waals surface area contributed by atoms with Crippen molar-refractivity contribution in [2.24, 2.45) is 22.7 Å². The maximum Gasteiger partial charge on any atom is 0.186 e. The predicted molar refractivity (Wildman–Crippen MR) is 145 cm³/mol. The lowest BCUT2D eigenvalue weighted by molar-refractivity contribution is -0.242. The van der Waals surface area contributed by atoms with E-state index in [0.29, 0.717) is 24.5 Å². The standard InChI is InChI=1S/C33H31N5O2/c34-20-31(21-35)27(24-9-3-1-4-10-24)19-28-30(32(31,22-36)23-37)29(25-11-5-2-6-12-25)26-13-7-8-14-33(26,40-28)38-15-17-39-18-16-38/h1-6,9-12,19,26-27,29-30H,7-8,13-18H2/t26-,27+,29-,30-,33-/m0/s1. The number of benzene rings is 2. The van der Waals surface area contributed by atoms with Gasteiger partial charge in [-0.05, 0) is 30.0 Å². The van der Waals surface area contributed by atoms with Gasteiger partial charge in [0.25, 0.3) is 0 Å². The molecule has 0 bridgehead atoms. The van der Waals surface area contributed by atoms with Crippen LogP contribution in [0.4, 0.5) is 0 Å². The molecule has 2 aromatic rings. The monoisotopic (exact) mass is 529 g/mol. The summed E-state index contributed by atoms with van der Waals surface area (Å²) in [5.41, 5.74) is -2.81. The fourth-order valence-electron chi connectivity index (χ4n) is 8.00. The van der Waals surface area contributed by atoms with Crippen LogP contribution in [0.25, 0.3) is 0 Å². The smallest absolute Gasteiger partial charge is 0.186 e. The van der Waals surface area contributed by atoms with Crippen molar-refractivity contribution in [1.82, 2.24) is 4.90 Å². The van der Waals surface area contributed by atoms with E-state index in [4.69, 9.17) is 9.47 Å². The van der Waals surface area contributed by atoms with Crippen LogP contribution >= 0.6 is 0 Å². The molecule has 0 radical (unpaired) electrons. The Hall–Kier alpha value is -4.14. The number of nitrogens with zero attached hydrogens (tertiary/aromatic N) is 5. The van der Waals surface area contributed by atoms with Gasteiger partial charge in [-0.25, -0.2) is 0 Å². The summed E-state index contributed by atoms with van der Waals surface area (Å²) in [5.74, 6) is -1.36. The normalized spacial score (nSPS) is 32.2. The zero-order chi connectivity index (χ0) is 27.8. The van der Waals surface area contributed by atoms with E-state index in [-0.39, 0.29) is 11.8 Å². The Labute approximate surface area is 235 Å². The maximum absolute atomic E-state index is 10.9. The van der Waals surface area contributed by atoms with Gasteiger partial charge in [0.1, 0.15) is 5.76 Å². The fraction of sp³-hybridized carbons (Fsp3) is 0.455. The molecule has 6 rings (SSSR count). The largest absolute Gasteiger partial charge is 0.476 e. The summed E-state index contributed by atoms with van der Waals surface area (Å²) in [7, 11) is 0. The summed E-state index contributed by atoms with van der Waals surface area (Å²) < 4.78 is 12.9. The van der Waals surface area contributed by atoms with Gasteiger partial charge in [0.05, 0.1) is 43.4 Å². The van der Waals surface area contributed by atoms with Gasteiger partial charge < -0.3 is 9.47 Å². The van der Waals surface area contributed by atoms with Gasteiger partial charge in [-0.15, -0.1) is 0 Å². The number of allylic oxidation sites excluding steroid dienone is 2. The van der Waals surface area contributed by atoms with Crippen LogP contribution in [-0.4, -0.2) is 36.9 Å². The lowest BCUT2D eigenvalue weighted by Gasteiger charge is -2.62. The Balaban J connectivity index is 1.66. The average molecular weight is 530 g/mol. The zero-order valence-electron chi connectivity index (χ0n) is 22.4. The van der Waals surface area contributed by atoms with E-state index in [0.717, 1.165) is 44.3 Å². The number of hydrogen-bond donors (Lipinski definition) is 0. The van der Waals surface area contributed by atoms with Crippen LogP contribution < -0.4 is 0 Å². The second-order valence-electron chi connectivity index (χ2n) is 11.3. The van der Waals surface area contributed by atoms with Gasteiger partial charge in [-0.3, -0.25) is 4.90 Å². The van der Waals surface area contributed by atoms with Crippen molar-refractivity contribution in [3.05, 3.63) is 83.6 Å². The zero-order valence-corrected chi connectivity index (χ0v) is 22.4. The van der Waals surface area contributed by atoms with Crippen LogP contribution in [0.15, 0.2) is 72.5 Å². The van der Waals surface area contributed by atoms with Gasteiger partial charge >= 0.3 is 0 Å². The van der Waals surface area contributed by atoms with Crippen molar-refractivity contribution in [3.8, 4) is 24.3 Å². The molecule has 1 saturated carbocycles. The Bertz CT molecular complexity index is 1430. The number of hydrogen-bond acceptors (Lipinski definition) is 7. The summed E-state index contributed by atoms with van der Waals surface area (Å²) in [4.78, 5) is 2.40. The first-order chi connectivity index (χ1) is 19.6. The van der Waals surface area contributed by atoms with E-state index in [1.54, 1.807) is 0 Å². The molecule has 2 aliphatic heterocycles. The SMILES string of the molecule is N#CC1(C#N)[C@@H](c2ccccc2)C=C2O[C@@]3(N4CCOCC4)CCCC[C@H]3[C@H](c3ccccc3)[C@H]2C1(C#N)C#N. The van der Waals surface area contributed by atoms with Crippen molar-refractivity contribution in [2.45, 2.75) is 43.2 Å². The first-order valence-electron chi connectivity index (χ1n) is 14.1. The molecule has 0 aromatic heterocycles. The lowest BCUT2D eigenvalue weighted by Crippen LogP contribution is -2.67. The van der Waals surface area contributed by atoms with Crippen molar-refractivity contribution in [3.63, 3.8) is 0 Å². The molecule has 7 heteroatoms. The number of ether oxygens (including phenoxy) is 2. The van der Waals surface area contributed by atoms with Gasteiger partial charge in [0.2, 0.25) is 0 Å². The predicted octanol–water partition coefficient (Wildman–Crippen LogP) is 5.38. The van der Waals surface area contributed by atoms with Gasteiger partial charge in [0, 0.05) is 37.3 Å². The van der Waals surface area contributed by atoms with Crippen LogP contribution in [0.5, 0.6) is 0 Å². The highest BCUT2D eigenvalue weighted by molar-refractivity contribution is 5.51. The topological polar surface area (TPSA) is 117 Å². The minimum Gasteiger partial charge on any atom is -0.476 e. The minimum atomic E-state index is -1.96. The third kappa shape index (κ3) is 3.52. The van der Waals surface area contributed by atoms with E-state index in [2.05, 4.69) is 41.3 Å². The van der Waals surface area contributed by atoms with Crippen LogP contribution in [0, 0.1) is 68.0 Å². The third-order valence-electron chi connectivity index (χ3n) is 9.75. The van der Waals surface area contributed by atoms with E-state index in [1.165, 1.54) is 0 Å². The van der Waals surface area contributed by atoms with Crippen LogP contribution in [0.2, 0.25) is 0 Å². The molecule has 0 spiro atoms. The van der Waals surface area contributed by atoms with Crippen molar-refractivity contribution in [2.75, 3.05) is 26.3 Å². The molecule has 3 fully saturated rings. The molecule has 0 amide bonds. The lowest BCUT2D eigenvalue weighted by atomic mass is 9.45. The van der Waals surface area contributed by atoms with E-state index in [1.807, 2.05) is 54.6 Å². The summed E-state index contributed by atoms with van der Waals surface area (Å²) in [5, 5.41) is 43.3. The molecule has 2 aromatic carbocycles. The molecule has 2 aliphatic carbocycles. The van der Waals surface area contributed by atoms with E-state index >= 15 is 0 Å². The highest BCUT2D eigenvalue weighted by Crippen LogP contribution is 2.67. The maximum atomic E-state index is 10.9. The van der Waals surface area contributed by atoms with Crippen LogP contribution in [-0.2, 0) is 9.47 Å². The summed E-state index contributed by atoms with van der Waals surface area (Å²) in [6, 6.07) is 28.3. The van der Waals surface area contributed by atoms with Crippen molar-refractivity contribution in [1.29, 1.82) is 21.0 Å². The molecule has 5 atom stereocenters. The second-order valence-corrected chi connectivity index (χ2v) is 11.3. The Kier molecular flexibility index (Phi) is 6.60. The number of nitriles is 4. The first kappa shape index (κ1) is 26.1. The molecular formula is C33H31N5O2. The Morgan fingerprint density at radius 3 is 1.95 bits per heavy atom. The minimum absolute atomic E-state index is 0.0339. The van der Waals surface area contributed by atoms with Crippen molar-refractivity contribution >= 4 is 0 Å². The Morgan fingerprint density at radius 1 is 0.750 bits per heavy atom. The van der Waals surface area contributed by atoms with Crippen molar-refractivity contribution < 1.29 is 9.47 Å². The number of rotatable bonds is 3.